The molecular formula is C26H35N7O2. The number of benzene rings is 1. The minimum absolute atomic E-state index is 0.205. The van der Waals surface area contributed by atoms with Crippen LogP contribution in [0, 0.1) is 20.8 Å². The number of ether oxygens (including phenoxy) is 1. The maximum Gasteiger partial charge on any atom is 0.229 e. The number of hydrogen-bond donors (Lipinski definition) is 2. The van der Waals surface area contributed by atoms with E-state index >= 15 is 0 Å². The Balaban J connectivity index is 1.24. The molecule has 0 atom stereocenters. The first kappa shape index (κ1) is 23.7. The lowest BCUT2D eigenvalue weighted by molar-refractivity contribution is -0.00297. The SMILES string of the molecule is Cc1cc(Nc2nccc(-n3cc(CN4CC(O)C4)c(C)n3)n2)cc(C)c1OCCN1CCCC1. The van der Waals surface area contributed by atoms with Gasteiger partial charge in [0.2, 0.25) is 5.95 Å². The van der Waals surface area contributed by atoms with Crippen LogP contribution in [0.15, 0.2) is 30.6 Å². The molecule has 0 amide bonds. The number of hydrogen-bond acceptors (Lipinski definition) is 8. The fraction of sp³-hybridized carbons (Fsp3) is 0.500. The standard InChI is InChI=1S/C26H35N7O2/c1-18-12-22(13-19(2)25(18)35-11-10-31-8-4-5-9-31)28-26-27-7-6-24(29-26)33-15-21(20(3)30-33)14-32-16-23(34)17-32/h6-7,12-13,15,23,34H,4-5,8-11,14,16-17H2,1-3H3,(H,27,28,29). The molecule has 2 aromatic heterocycles. The zero-order valence-corrected chi connectivity index (χ0v) is 20.9. The summed E-state index contributed by atoms with van der Waals surface area (Å²) in [4.78, 5) is 13.8. The van der Waals surface area contributed by atoms with Crippen LogP contribution < -0.4 is 10.1 Å². The van der Waals surface area contributed by atoms with Gasteiger partial charge in [-0.25, -0.2) is 9.67 Å². The second kappa shape index (κ2) is 10.3. The molecular weight excluding hydrogens is 442 g/mol. The van der Waals surface area contributed by atoms with Crippen LogP contribution in [-0.2, 0) is 6.54 Å². The van der Waals surface area contributed by atoms with Gasteiger partial charge < -0.3 is 15.2 Å². The van der Waals surface area contributed by atoms with Crippen LogP contribution in [0.1, 0.15) is 35.2 Å². The number of rotatable bonds is 9. The number of aromatic nitrogens is 4. The number of aryl methyl sites for hydroxylation is 3. The molecule has 0 bridgehead atoms. The minimum Gasteiger partial charge on any atom is -0.492 e. The maximum atomic E-state index is 9.53. The predicted octanol–water partition coefficient (Wildman–Crippen LogP) is 2.98. The van der Waals surface area contributed by atoms with Gasteiger partial charge in [-0.05, 0) is 70.0 Å². The van der Waals surface area contributed by atoms with Crippen molar-refractivity contribution in [2.75, 3.05) is 44.6 Å². The van der Waals surface area contributed by atoms with Crippen molar-refractivity contribution in [3.63, 3.8) is 0 Å². The summed E-state index contributed by atoms with van der Waals surface area (Å²) in [6.07, 6.45) is 6.14. The predicted molar refractivity (Wildman–Crippen MR) is 136 cm³/mol. The summed E-state index contributed by atoms with van der Waals surface area (Å²) in [5.41, 5.74) is 5.21. The third-order valence-corrected chi connectivity index (χ3v) is 6.78. The maximum absolute atomic E-state index is 9.53. The van der Waals surface area contributed by atoms with Gasteiger partial charge in [-0.2, -0.15) is 10.1 Å². The number of aliphatic hydroxyl groups excluding tert-OH is 1. The van der Waals surface area contributed by atoms with E-state index in [9.17, 15) is 5.11 Å². The Kier molecular flexibility index (Phi) is 6.99. The van der Waals surface area contributed by atoms with Gasteiger partial charge >= 0.3 is 0 Å². The highest BCUT2D eigenvalue weighted by Gasteiger charge is 2.25. The van der Waals surface area contributed by atoms with Crippen molar-refractivity contribution in [3.05, 3.63) is 53.0 Å². The van der Waals surface area contributed by atoms with Crippen molar-refractivity contribution < 1.29 is 9.84 Å². The molecule has 35 heavy (non-hydrogen) atoms. The third-order valence-electron chi connectivity index (χ3n) is 6.78. The molecule has 5 rings (SSSR count). The van der Waals surface area contributed by atoms with E-state index < -0.39 is 0 Å². The molecule has 2 fully saturated rings. The average molecular weight is 478 g/mol. The van der Waals surface area contributed by atoms with Crippen LogP contribution in [0.3, 0.4) is 0 Å². The summed E-state index contributed by atoms with van der Waals surface area (Å²) >= 11 is 0. The molecule has 3 aromatic rings. The van der Waals surface area contributed by atoms with Crippen molar-refractivity contribution >= 4 is 11.6 Å². The molecule has 0 aliphatic carbocycles. The molecule has 9 heteroatoms. The second-order valence-corrected chi connectivity index (χ2v) is 9.73. The van der Waals surface area contributed by atoms with E-state index in [1.54, 1.807) is 10.9 Å². The highest BCUT2D eigenvalue weighted by Crippen LogP contribution is 2.28. The Bertz CT molecular complexity index is 1140. The Morgan fingerprint density at radius 2 is 1.83 bits per heavy atom. The number of likely N-dealkylation sites (tertiary alicyclic amines) is 2. The second-order valence-electron chi connectivity index (χ2n) is 9.73. The molecule has 0 unspecified atom stereocenters. The lowest BCUT2D eigenvalue weighted by atomic mass is 10.1. The summed E-state index contributed by atoms with van der Waals surface area (Å²) < 4.78 is 7.93. The molecule has 9 nitrogen and oxygen atoms in total. The molecule has 0 saturated carbocycles. The van der Waals surface area contributed by atoms with Crippen LogP contribution in [-0.4, -0.2) is 80.1 Å². The lowest BCUT2D eigenvalue weighted by Gasteiger charge is -2.35. The number of nitrogens with zero attached hydrogens (tertiary/aromatic N) is 6. The third kappa shape index (κ3) is 5.63. The van der Waals surface area contributed by atoms with Crippen LogP contribution in [0.2, 0.25) is 0 Å². The zero-order valence-electron chi connectivity index (χ0n) is 20.9. The number of nitrogens with one attached hydrogen (secondary N) is 1. The van der Waals surface area contributed by atoms with E-state index in [2.05, 4.69) is 56.2 Å². The lowest BCUT2D eigenvalue weighted by Crippen LogP contribution is -2.49. The quantitative estimate of drug-likeness (QED) is 0.486. The van der Waals surface area contributed by atoms with Crippen LogP contribution in [0.5, 0.6) is 5.75 Å². The van der Waals surface area contributed by atoms with Gasteiger partial charge in [0.1, 0.15) is 12.4 Å². The van der Waals surface area contributed by atoms with Gasteiger partial charge in [0.15, 0.2) is 5.82 Å². The molecule has 186 valence electrons. The first-order valence-electron chi connectivity index (χ1n) is 12.5. The Hall–Kier alpha value is -3.01. The summed E-state index contributed by atoms with van der Waals surface area (Å²) in [5.74, 6) is 2.18. The molecule has 2 N–H and O–H groups in total. The molecule has 2 aliphatic rings. The molecule has 2 saturated heterocycles. The Labute approximate surface area is 206 Å². The van der Waals surface area contributed by atoms with Crippen LogP contribution >= 0.6 is 0 Å². The van der Waals surface area contributed by atoms with Crippen molar-refractivity contribution in [2.45, 2.75) is 46.3 Å². The minimum atomic E-state index is -0.205. The summed E-state index contributed by atoms with van der Waals surface area (Å²) in [6.45, 7) is 12.4. The van der Waals surface area contributed by atoms with E-state index in [0.717, 1.165) is 46.9 Å². The van der Waals surface area contributed by atoms with Gasteiger partial charge in [0.25, 0.3) is 0 Å². The van der Waals surface area contributed by atoms with E-state index in [1.165, 1.54) is 25.9 Å². The van der Waals surface area contributed by atoms with Gasteiger partial charge in [-0.15, -0.1) is 0 Å². The topological polar surface area (TPSA) is 91.6 Å². The monoisotopic (exact) mass is 477 g/mol. The number of β-amino-alcohol motifs (C(OH)–C–C–N with tert-alkyl or cyclic N) is 1. The van der Waals surface area contributed by atoms with E-state index in [0.29, 0.717) is 31.5 Å². The summed E-state index contributed by atoms with van der Waals surface area (Å²) in [6, 6.07) is 6.00. The van der Waals surface area contributed by atoms with E-state index in [4.69, 9.17) is 4.74 Å². The van der Waals surface area contributed by atoms with E-state index in [1.807, 2.05) is 19.2 Å². The van der Waals surface area contributed by atoms with Gasteiger partial charge in [0.05, 0.1) is 11.8 Å². The normalized spacial score (nSPS) is 17.0. The highest BCUT2D eigenvalue weighted by molar-refractivity contribution is 5.60. The first-order valence-corrected chi connectivity index (χ1v) is 12.5. The summed E-state index contributed by atoms with van der Waals surface area (Å²) in [7, 11) is 0. The molecule has 1 aromatic carbocycles. The molecule has 0 spiro atoms. The number of aliphatic hydroxyl groups is 1. The number of anilines is 2. The fourth-order valence-corrected chi connectivity index (χ4v) is 4.88. The largest absolute Gasteiger partial charge is 0.492 e. The van der Waals surface area contributed by atoms with E-state index in [-0.39, 0.29) is 6.10 Å². The Morgan fingerprint density at radius 3 is 2.54 bits per heavy atom. The van der Waals surface area contributed by atoms with Gasteiger partial charge in [-0.1, -0.05) is 0 Å². The fourth-order valence-electron chi connectivity index (χ4n) is 4.88. The highest BCUT2D eigenvalue weighted by atomic mass is 16.5. The van der Waals surface area contributed by atoms with Crippen LogP contribution in [0.4, 0.5) is 11.6 Å². The smallest absolute Gasteiger partial charge is 0.229 e. The first-order chi connectivity index (χ1) is 16.9. The molecule has 4 heterocycles. The Morgan fingerprint density at radius 1 is 1.09 bits per heavy atom. The average Bonchev–Trinajstić information content (AvgIpc) is 3.45. The van der Waals surface area contributed by atoms with Gasteiger partial charge in [0, 0.05) is 55.9 Å². The van der Waals surface area contributed by atoms with Crippen molar-refractivity contribution in [1.82, 2.24) is 29.5 Å². The van der Waals surface area contributed by atoms with Gasteiger partial charge in [-0.3, -0.25) is 9.80 Å². The van der Waals surface area contributed by atoms with Crippen molar-refractivity contribution in [2.24, 2.45) is 0 Å². The summed E-state index contributed by atoms with van der Waals surface area (Å²) in [5, 5.41) is 17.5. The zero-order chi connectivity index (χ0) is 24.4. The van der Waals surface area contributed by atoms with Crippen molar-refractivity contribution in [3.8, 4) is 11.6 Å². The van der Waals surface area contributed by atoms with Crippen molar-refractivity contribution in [1.29, 1.82) is 0 Å². The van der Waals surface area contributed by atoms with Crippen LogP contribution in [0.25, 0.3) is 5.82 Å². The molecule has 2 aliphatic heterocycles. The molecule has 0 radical (unpaired) electrons.